The number of hydrogen-bond acceptors (Lipinski definition) is 6. The zero-order valence-corrected chi connectivity index (χ0v) is 16.4. The normalized spacial score (nSPS) is 10.5. The first kappa shape index (κ1) is 20.7. The topological polar surface area (TPSA) is 75.0 Å². The van der Waals surface area contributed by atoms with Crippen LogP contribution >= 0.6 is 23.2 Å². The smallest absolute Gasteiger partial charge is 0.343 e. The van der Waals surface area contributed by atoms with Gasteiger partial charge in [0.15, 0.2) is 12.4 Å². The second-order valence-corrected chi connectivity index (χ2v) is 6.51. The second-order valence-electron chi connectivity index (χ2n) is 5.64. The molecule has 0 atom stereocenters. The number of carbonyl (C=O) groups excluding carboxylic acids is 2. The lowest BCUT2D eigenvalue weighted by Crippen LogP contribution is -2.11. The molecule has 0 radical (unpaired) electrons. The highest BCUT2D eigenvalue weighted by molar-refractivity contribution is 6.31. The fraction of sp³-hybridized carbons (Fsp3) is 0.100. The first-order valence-corrected chi connectivity index (χ1v) is 8.90. The van der Waals surface area contributed by atoms with Crippen LogP contribution in [0.25, 0.3) is 0 Å². The van der Waals surface area contributed by atoms with E-state index in [4.69, 9.17) is 41.8 Å². The van der Waals surface area contributed by atoms with E-state index in [0.717, 1.165) is 0 Å². The summed E-state index contributed by atoms with van der Waals surface area (Å²) in [5.74, 6) is -3.87. The standard InChI is InChI=1S/C20H13Cl2FO6/c1-26-20-16(23)17(29-19(25)12-4-8-14(22)9-5-12)15(28-20)10-27-18(24)11-2-6-13(21)7-3-11/h2-9H,10H2,1H3. The molecule has 29 heavy (non-hydrogen) atoms. The molecule has 0 fully saturated rings. The Hall–Kier alpha value is -3.03. The maximum atomic E-state index is 14.5. The van der Waals surface area contributed by atoms with Crippen LogP contribution in [0.1, 0.15) is 26.5 Å². The Labute approximate surface area is 174 Å². The summed E-state index contributed by atoms with van der Waals surface area (Å²) in [7, 11) is 1.18. The van der Waals surface area contributed by atoms with Crippen LogP contribution in [0.2, 0.25) is 10.0 Å². The van der Waals surface area contributed by atoms with E-state index >= 15 is 0 Å². The zero-order valence-electron chi connectivity index (χ0n) is 14.9. The van der Waals surface area contributed by atoms with E-state index in [-0.39, 0.29) is 16.9 Å². The van der Waals surface area contributed by atoms with Gasteiger partial charge in [-0.15, -0.1) is 0 Å². The van der Waals surface area contributed by atoms with Gasteiger partial charge >= 0.3 is 17.9 Å². The first-order valence-electron chi connectivity index (χ1n) is 8.14. The minimum Gasteiger partial charge on any atom is -0.466 e. The third kappa shape index (κ3) is 4.88. The molecule has 0 saturated carbocycles. The molecular weight excluding hydrogens is 426 g/mol. The van der Waals surface area contributed by atoms with Gasteiger partial charge in [-0.25, -0.2) is 9.59 Å². The van der Waals surface area contributed by atoms with Crippen molar-refractivity contribution in [3.63, 3.8) is 0 Å². The highest BCUT2D eigenvalue weighted by atomic mass is 35.5. The number of esters is 2. The lowest BCUT2D eigenvalue weighted by molar-refractivity contribution is 0.0435. The molecule has 0 aliphatic heterocycles. The molecule has 0 saturated heterocycles. The molecule has 150 valence electrons. The van der Waals surface area contributed by atoms with Crippen molar-refractivity contribution in [1.29, 1.82) is 0 Å². The fourth-order valence-electron chi connectivity index (χ4n) is 2.28. The SMILES string of the molecule is COc1oc(COC(=O)c2ccc(Cl)cc2)c(OC(=O)c2ccc(Cl)cc2)c1F. The van der Waals surface area contributed by atoms with Crippen LogP contribution in [0.4, 0.5) is 4.39 Å². The summed E-state index contributed by atoms with van der Waals surface area (Å²) >= 11 is 11.6. The van der Waals surface area contributed by atoms with Gasteiger partial charge in [-0.05, 0) is 48.5 Å². The van der Waals surface area contributed by atoms with Crippen LogP contribution in [0.5, 0.6) is 11.7 Å². The van der Waals surface area contributed by atoms with Gasteiger partial charge in [-0.3, -0.25) is 0 Å². The van der Waals surface area contributed by atoms with E-state index in [9.17, 15) is 14.0 Å². The average molecular weight is 439 g/mol. The molecule has 6 nitrogen and oxygen atoms in total. The van der Waals surface area contributed by atoms with Crippen molar-refractivity contribution < 1.29 is 32.6 Å². The molecule has 0 aliphatic carbocycles. The molecule has 0 aliphatic rings. The third-order valence-electron chi connectivity index (χ3n) is 3.72. The number of methoxy groups -OCH3 is 1. The predicted molar refractivity (Wildman–Crippen MR) is 102 cm³/mol. The van der Waals surface area contributed by atoms with Gasteiger partial charge in [0.25, 0.3) is 0 Å². The fourth-order valence-corrected chi connectivity index (χ4v) is 2.54. The number of furan rings is 1. The summed E-state index contributed by atoms with van der Waals surface area (Å²) in [4.78, 5) is 24.4. The summed E-state index contributed by atoms with van der Waals surface area (Å²) in [6.07, 6.45) is 0. The minimum atomic E-state index is -1.03. The van der Waals surface area contributed by atoms with Crippen LogP contribution in [0, 0.1) is 5.82 Å². The maximum absolute atomic E-state index is 14.5. The highest BCUT2D eigenvalue weighted by Gasteiger charge is 2.27. The third-order valence-corrected chi connectivity index (χ3v) is 4.23. The van der Waals surface area contributed by atoms with Crippen molar-refractivity contribution in [2.75, 3.05) is 7.11 Å². The Kier molecular flexibility index (Phi) is 6.41. The number of halogens is 3. The Bertz CT molecular complexity index is 1030. The van der Waals surface area contributed by atoms with Crippen LogP contribution in [-0.2, 0) is 11.3 Å². The number of carbonyl (C=O) groups is 2. The maximum Gasteiger partial charge on any atom is 0.343 e. The van der Waals surface area contributed by atoms with E-state index in [1.807, 2.05) is 0 Å². The van der Waals surface area contributed by atoms with Crippen LogP contribution in [-0.4, -0.2) is 19.0 Å². The average Bonchev–Trinajstić information content (AvgIpc) is 3.02. The number of hydrogen-bond donors (Lipinski definition) is 0. The first-order chi connectivity index (χ1) is 13.9. The van der Waals surface area contributed by atoms with Crippen LogP contribution in [0.15, 0.2) is 52.9 Å². The van der Waals surface area contributed by atoms with E-state index in [1.54, 1.807) is 0 Å². The van der Waals surface area contributed by atoms with Crippen molar-refractivity contribution in [1.82, 2.24) is 0 Å². The van der Waals surface area contributed by atoms with Gasteiger partial charge in [0, 0.05) is 10.0 Å². The van der Waals surface area contributed by atoms with Crippen molar-refractivity contribution in [3.05, 3.63) is 81.3 Å². The van der Waals surface area contributed by atoms with E-state index in [2.05, 4.69) is 0 Å². The summed E-state index contributed by atoms with van der Waals surface area (Å²) in [5, 5.41) is 0.878. The predicted octanol–water partition coefficient (Wildman–Crippen LogP) is 5.31. The quantitative estimate of drug-likeness (QED) is 0.485. The number of benzene rings is 2. The van der Waals surface area contributed by atoms with E-state index < -0.39 is 36.1 Å². The Morgan fingerprint density at radius 1 is 0.931 bits per heavy atom. The van der Waals surface area contributed by atoms with Gasteiger partial charge in [0.2, 0.25) is 11.6 Å². The van der Waals surface area contributed by atoms with Gasteiger partial charge in [-0.1, -0.05) is 23.2 Å². The molecule has 3 rings (SSSR count). The molecule has 0 bridgehead atoms. The number of ether oxygens (including phenoxy) is 3. The van der Waals surface area contributed by atoms with E-state index in [1.165, 1.54) is 55.6 Å². The molecule has 0 amide bonds. The van der Waals surface area contributed by atoms with Crippen LogP contribution < -0.4 is 9.47 Å². The largest absolute Gasteiger partial charge is 0.466 e. The molecule has 0 spiro atoms. The van der Waals surface area contributed by atoms with Crippen molar-refractivity contribution >= 4 is 35.1 Å². The molecule has 1 heterocycles. The van der Waals surface area contributed by atoms with Gasteiger partial charge in [-0.2, -0.15) is 4.39 Å². The van der Waals surface area contributed by atoms with Gasteiger partial charge in [0.05, 0.1) is 18.2 Å². The minimum absolute atomic E-state index is 0.137. The lowest BCUT2D eigenvalue weighted by Gasteiger charge is -2.06. The summed E-state index contributed by atoms with van der Waals surface area (Å²) in [6, 6.07) is 11.8. The van der Waals surface area contributed by atoms with E-state index in [0.29, 0.717) is 10.0 Å². The summed E-state index contributed by atoms with van der Waals surface area (Å²) in [6.45, 7) is -0.495. The van der Waals surface area contributed by atoms with Crippen molar-refractivity contribution in [2.24, 2.45) is 0 Å². The molecule has 0 unspecified atom stereocenters. The monoisotopic (exact) mass is 438 g/mol. The van der Waals surface area contributed by atoms with Gasteiger partial charge in [0.1, 0.15) is 0 Å². The zero-order chi connectivity index (χ0) is 21.0. The summed E-state index contributed by atoms with van der Waals surface area (Å²) in [5.41, 5.74) is 0.367. The molecule has 9 heteroatoms. The van der Waals surface area contributed by atoms with Crippen molar-refractivity contribution in [2.45, 2.75) is 6.61 Å². The number of rotatable bonds is 6. The molecule has 1 aromatic heterocycles. The summed E-state index contributed by atoms with van der Waals surface area (Å²) < 4.78 is 34.6. The highest BCUT2D eigenvalue weighted by Crippen LogP contribution is 2.35. The molecule has 3 aromatic rings. The Morgan fingerprint density at radius 2 is 1.45 bits per heavy atom. The second kappa shape index (κ2) is 8.98. The molecule has 0 N–H and O–H groups in total. The van der Waals surface area contributed by atoms with Crippen molar-refractivity contribution in [3.8, 4) is 11.7 Å². The van der Waals surface area contributed by atoms with Gasteiger partial charge < -0.3 is 18.6 Å². The lowest BCUT2D eigenvalue weighted by atomic mass is 10.2. The Morgan fingerprint density at radius 3 is 1.97 bits per heavy atom. The molecule has 2 aromatic carbocycles. The Balaban J connectivity index is 1.78. The molecular formula is C20H13Cl2FO6. The van der Waals surface area contributed by atoms with Crippen LogP contribution in [0.3, 0.4) is 0 Å².